The normalized spacial score (nSPS) is 32.7. The van der Waals surface area contributed by atoms with Gasteiger partial charge in [-0.05, 0) is 5.56 Å². The lowest BCUT2D eigenvalue weighted by atomic mass is 9.99. The van der Waals surface area contributed by atoms with E-state index in [1.54, 1.807) is 24.3 Å². The zero-order valence-corrected chi connectivity index (χ0v) is 11.2. The minimum absolute atomic E-state index is 0.0180. The van der Waals surface area contributed by atoms with Gasteiger partial charge >= 0.3 is 5.97 Å². The Morgan fingerprint density at radius 2 is 1.76 bits per heavy atom. The van der Waals surface area contributed by atoms with Crippen LogP contribution >= 0.6 is 0 Å². The van der Waals surface area contributed by atoms with Crippen LogP contribution in [0.3, 0.4) is 0 Å². The number of esters is 1. The molecule has 0 amide bonds. The van der Waals surface area contributed by atoms with E-state index in [2.05, 4.69) is 0 Å². The van der Waals surface area contributed by atoms with Crippen LogP contribution in [0.4, 0.5) is 0 Å². The van der Waals surface area contributed by atoms with Gasteiger partial charge in [-0.3, -0.25) is 4.79 Å². The van der Waals surface area contributed by atoms with E-state index in [1.807, 2.05) is 6.07 Å². The Kier molecular flexibility index (Phi) is 5.27. The molecule has 1 aliphatic rings. The third-order valence-electron chi connectivity index (χ3n) is 3.29. The van der Waals surface area contributed by atoms with Gasteiger partial charge < -0.3 is 29.9 Å². The van der Waals surface area contributed by atoms with Gasteiger partial charge in [-0.25, -0.2) is 0 Å². The summed E-state index contributed by atoms with van der Waals surface area (Å²) >= 11 is 0. The topological polar surface area (TPSA) is 116 Å². The lowest BCUT2D eigenvalue weighted by Crippen LogP contribution is -2.59. The number of carbonyl (C=O) groups is 1. The highest BCUT2D eigenvalue weighted by Gasteiger charge is 2.45. The molecule has 21 heavy (non-hydrogen) atoms. The molecule has 1 aromatic rings. The van der Waals surface area contributed by atoms with Gasteiger partial charge in [-0.1, -0.05) is 30.3 Å². The van der Waals surface area contributed by atoms with Gasteiger partial charge in [0.1, 0.15) is 24.4 Å². The number of aliphatic hydroxyl groups is 4. The van der Waals surface area contributed by atoms with Gasteiger partial charge in [0, 0.05) is 0 Å². The smallest absolute Gasteiger partial charge is 0.312 e. The molecule has 7 nitrogen and oxygen atoms in total. The zero-order valence-electron chi connectivity index (χ0n) is 11.2. The molecule has 0 radical (unpaired) electrons. The van der Waals surface area contributed by atoms with Crippen LogP contribution in [0.5, 0.6) is 0 Å². The van der Waals surface area contributed by atoms with Crippen molar-refractivity contribution < 1.29 is 34.7 Å². The van der Waals surface area contributed by atoms with Crippen LogP contribution in [0.25, 0.3) is 0 Å². The van der Waals surface area contributed by atoms with Crippen molar-refractivity contribution in [1.82, 2.24) is 0 Å². The first-order chi connectivity index (χ1) is 10.0. The van der Waals surface area contributed by atoms with Crippen molar-refractivity contribution in [1.29, 1.82) is 0 Å². The van der Waals surface area contributed by atoms with E-state index >= 15 is 0 Å². The van der Waals surface area contributed by atoms with Gasteiger partial charge in [0.05, 0.1) is 13.0 Å². The van der Waals surface area contributed by atoms with Gasteiger partial charge in [0.25, 0.3) is 0 Å². The number of rotatable bonds is 4. The first-order valence-electron chi connectivity index (χ1n) is 6.57. The highest BCUT2D eigenvalue weighted by molar-refractivity contribution is 5.72. The monoisotopic (exact) mass is 298 g/mol. The number of hydrogen-bond acceptors (Lipinski definition) is 7. The van der Waals surface area contributed by atoms with Crippen molar-refractivity contribution in [3.63, 3.8) is 0 Å². The fourth-order valence-electron chi connectivity index (χ4n) is 2.10. The fraction of sp³-hybridized carbons (Fsp3) is 0.500. The SMILES string of the molecule is O=C(Cc1ccccc1)O[C@@H]1O[C@H](CO)[C@@H](O)[C@H](O)[C@H]1O. The molecule has 1 aromatic carbocycles. The second-order valence-corrected chi connectivity index (χ2v) is 4.85. The molecule has 116 valence electrons. The summed E-state index contributed by atoms with van der Waals surface area (Å²) < 4.78 is 10.1. The molecule has 0 bridgehead atoms. The van der Waals surface area contributed by atoms with Crippen LogP contribution in [0, 0.1) is 0 Å². The van der Waals surface area contributed by atoms with Crippen LogP contribution < -0.4 is 0 Å². The Bertz CT molecular complexity index is 462. The molecule has 0 saturated carbocycles. The molecule has 1 fully saturated rings. The van der Waals surface area contributed by atoms with E-state index in [-0.39, 0.29) is 6.42 Å². The van der Waals surface area contributed by atoms with E-state index in [0.717, 1.165) is 5.56 Å². The molecule has 1 heterocycles. The minimum atomic E-state index is -1.58. The summed E-state index contributed by atoms with van der Waals surface area (Å²) in [6.45, 7) is -0.572. The summed E-state index contributed by atoms with van der Waals surface area (Å²) in [5.74, 6) is -0.648. The third-order valence-corrected chi connectivity index (χ3v) is 3.29. The maximum Gasteiger partial charge on any atom is 0.312 e. The molecule has 1 saturated heterocycles. The van der Waals surface area contributed by atoms with Gasteiger partial charge in [-0.15, -0.1) is 0 Å². The lowest BCUT2D eigenvalue weighted by molar-refractivity contribution is -0.292. The predicted molar refractivity (Wildman–Crippen MR) is 70.0 cm³/mol. The van der Waals surface area contributed by atoms with Crippen LogP contribution in [0.2, 0.25) is 0 Å². The van der Waals surface area contributed by atoms with Crippen LogP contribution in [-0.2, 0) is 20.7 Å². The molecule has 0 spiro atoms. The number of aliphatic hydroxyl groups excluding tert-OH is 4. The summed E-state index contributed by atoms with van der Waals surface area (Å²) in [6, 6.07) is 8.85. The highest BCUT2D eigenvalue weighted by atomic mass is 16.7. The number of carbonyl (C=O) groups excluding carboxylic acids is 1. The Labute approximate surface area is 121 Å². The summed E-state index contributed by atoms with van der Waals surface area (Å²) in [5, 5.41) is 38.0. The molecule has 4 N–H and O–H groups in total. The average Bonchev–Trinajstić information content (AvgIpc) is 2.49. The van der Waals surface area contributed by atoms with Crippen LogP contribution in [-0.4, -0.2) is 63.7 Å². The Hall–Kier alpha value is -1.51. The molecule has 1 aliphatic heterocycles. The van der Waals surface area contributed by atoms with E-state index in [0.29, 0.717) is 0 Å². The molecular weight excluding hydrogens is 280 g/mol. The van der Waals surface area contributed by atoms with Crippen molar-refractivity contribution in [2.45, 2.75) is 37.1 Å². The maximum atomic E-state index is 11.8. The highest BCUT2D eigenvalue weighted by Crippen LogP contribution is 2.22. The standard InChI is InChI=1S/C14H18O7/c15-7-9-11(17)12(18)13(19)14(20-9)21-10(16)6-8-4-2-1-3-5-8/h1-5,9,11-15,17-19H,6-7H2/t9-,11-,12+,13-,14+/m1/s1. The lowest BCUT2D eigenvalue weighted by Gasteiger charge is -2.39. The Morgan fingerprint density at radius 1 is 1.10 bits per heavy atom. The molecule has 7 heteroatoms. The zero-order chi connectivity index (χ0) is 15.4. The van der Waals surface area contributed by atoms with E-state index < -0.39 is 43.3 Å². The molecule has 0 unspecified atom stereocenters. The minimum Gasteiger partial charge on any atom is -0.432 e. The number of ether oxygens (including phenoxy) is 2. The molecule has 0 aliphatic carbocycles. The third kappa shape index (κ3) is 3.78. The molecule has 5 atom stereocenters. The van der Waals surface area contributed by atoms with Crippen molar-refractivity contribution in [3.8, 4) is 0 Å². The molecule has 2 rings (SSSR count). The Morgan fingerprint density at radius 3 is 2.38 bits per heavy atom. The van der Waals surface area contributed by atoms with E-state index in [9.17, 15) is 20.1 Å². The number of hydrogen-bond donors (Lipinski definition) is 4. The largest absolute Gasteiger partial charge is 0.432 e. The van der Waals surface area contributed by atoms with Gasteiger partial charge in [0.15, 0.2) is 0 Å². The average molecular weight is 298 g/mol. The molecule has 0 aromatic heterocycles. The van der Waals surface area contributed by atoms with Crippen LogP contribution in [0.15, 0.2) is 30.3 Å². The number of benzene rings is 1. The first kappa shape index (κ1) is 15.9. The van der Waals surface area contributed by atoms with Crippen molar-refractivity contribution in [2.24, 2.45) is 0 Å². The fourth-order valence-corrected chi connectivity index (χ4v) is 2.10. The van der Waals surface area contributed by atoms with E-state index in [1.165, 1.54) is 0 Å². The summed E-state index contributed by atoms with van der Waals surface area (Å²) in [5.41, 5.74) is 0.729. The molecular formula is C14H18O7. The second-order valence-electron chi connectivity index (χ2n) is 4.85. The first-order valence-corrected chi connectivity index (χ1v) is 6.57. The summed E-state index contributed by atoms with van der Waals surface area (Å²) in [7, 11) is 0. The summed E-state index contributed by atoms with van der Waals surface area (Å²) in [4.78, 5) is 11.8. The van der Waals surface area contributed by atoms with Gasteiger partial charge in [-0.2, -0.15) is 0 Å². The Balaban J connectivity index is 1.96. The van der Waals surface area contributed by atoms with Crippen molar-refractivity contribution in [2.75, 3.05) is 6.61 Å². The quantitative estimate of drug-likeness (QED) is 0.504. The van der Waals surface area contributed by atoms with E-state index in [4.69, 9.17) is 14.6 Å². The summed E-state index contributed by atoms with van der Waals surface area (Å²) in [6.07, 6.45) is -7.17. The van der Waals surface area contributed by atoms with Gasteiger partial charge in [0.2, 0.25) is 6.29 Å². The van der Waals surface area contributed by atoms with Crippen LogP contribution in [0.1, 0.15) is 5.56 Å². The predicted octanol–water partition coefficient (Wildman–Crippen LogP) is -1.43. The second kappa shape index (κ2) is 6.97. The maximum absolute atomic E-state index is 11.8. The van der Waals surface area contributed by atoms with Crippen molar-refractivity contribution >= 4 is 5.97 Å². The van der Waals surface area contributed by atoms with Crippen molar-refractivity contribution in [3.05, 3.63) is 35.9 Å².